The molecule has 220 valence electrons. The molecule has 0 unspecified atom stereocenters. The van der Waals surface area contributed by atoms with Crippen molar-refractivity contribution in [3.63, 3.8) is 0 Å². The first-order chi connectivity index (χ1) is 21.0. The molecule has 0 fully saturated rings. The van der Waals surface area contributed by atoms with Crippen LogP contribution in [0.2, 0.25) is 0 Å². The largest absolute Gasteiger partial charge is 0.504 e. The van der Waals surface area contributed by atoms with Crippen LogP contribution >= 0.6 is 0 Å². The number of rotatable bonds is 1. The maximum Gasteiger partial charge on any atom is 0.231 e. The van der Waals surface area contributed by atoms with E-state index in [1.54, 1.807) is 13.2 Å². The van der Waals surface area contributed by atoms with Crippen molar-refractivity contribution < 1.29 is 28.8 Å². The number of ether oxygens (including phenoxy) is 5. The number of aromatic hydroxyl groups is 1. The Hall–Kier alpha value is -4.40. The lowest BCUT2D eigenvalue weighted by atomic mass is 9.88. The van der Waals surface area contributed by atoms with E-state index in [0.717, 1.165) is 61.2 Å². The second-order valence-corrected chi connectivity index (χ2v) is 11.8. The van der Waals surface area contributed by atoms with Gasteiger partial charge in [0, 0.05) is 24.2 Å². The van der Waals surface area contributed by atoms with Crippen LogP contribution < -0.4 is 29.0 Å². The average Bonchev–Trinajstić information content (AvgIpc) is 3.49. The van der Waals surface area contributed by atoms with E-state index in [1.165, 1.54) is 16.7 Å². The summed E-state index contributed by atoms with van der Waals surface area (Å²) in [6, 6.07) is 20.2. The van der Waals surface area contributed by atoms with Gasteiger partial charge in [-0.05, 0) is 110 Å². The number of fused-ring (bicyclic) bond motifs is 3. The number of phenols is 1. The lowest BCUT2D eigenvalue weighted by Crippen LogP contribution is -2.33. The number of hydrogen-bond donors (Lipinski definition) is 2. The minimum atomic E-state index is 0.00197. The van der Waals surface area contributed by atoms with Gasteiger partial charge in [-0.15, -0.1) is 0 Å². The number of likely N-dealkylation sites (N-methyl/N-ethyl adjacent to an activating group) is 1. The summed E-state index contributed by atoms with van der Waals surface area (Å²) in [6.07, 6.45) is 3.26. The summed E-state index contributed by atoms with van der Waals surface area (Å²) < 4.78 is 30.9. The predicted octanol–water partition coefficient (Wildman–Crippen LogP) is 6.23. The minimum absolute atomic E-state index is 0.00197. The van der Waals surface area contributed by atoms with Crippen molar-refractivity contribution in [1.29, 1.82) is 0 Å². The highest BCUT2D eigenvalue weighted by Gasteiger charge is 2.34. The van der Waals surface area contributed by atoms with Crippen LogP contribution in [0.3, 0.4) is 0 Å². The fraction of sp³-hybridized carbons (Fsp3) is 0.314. The van der Waals surface area contributed by atoms with Crippen LogP contribution in [0.5, 0.6) is 46.0 Å². The van der Waals surface area contributed by atoms with E-state index in [9.17, 15) is 5.11 Å². The molecule has 0 spiro atoms. The molecule has 0 amide bonds. The van der Waals surface area contributed by atoms with Crippen LogP contribution in [-0.4, -0.2) is 44.0 Å². The molecule has 4 aromatic rings. The van der Waals surface area contributed by atoms with Crippen molar-refractivity contribution in [1.82, 2.24) is 10.2 Å². The summed E-state index contributed by atoms with van der Waals surface area (Å²) in [5, 5.41) is 14.4. The molecule has 2 N–H and O–H groups in total. The van der Waals surface area contributed by atoms with Crippen LogP contribution in [-0.2, 0) is 25.7 Å². The van der Waals surface area contributed by atoms with E-state index >= 15 is 0 Å². The molecule has 8 nitrogen and oxygen atoms in total. The van der Waals surface area contributed by atoms with E-state index in [2.05, 4.69) is 47.6 Å². The highest BCUT2D eigenvalue weighted by Crippen LogP contribution is 2.52. The van der Waals surface area contributed by atoms with Gasteiger partial charge >= 0.3 is 0 Å². The molecule has 9 rings (SSSR count). The molecular formula is C35H34N2O6. The second-order valence-electron chi connectivity index (χ2n) is 11.8. The van der Waals surface area contributed by atoms with Crippen molar-refractivity contribution in [3.05, 3.63) is 94.0 Å². The van der Waals surface area contributed by atoms with Gasteiger partial charge in [-0.25, -0.2) is 0 Å². The first-order valence-electron chi connectivity index (χ1n) is 14.9. The molecule has 4 aromatic carbocycles. The maximum atomic E-state index is 10.6. The molecule has 6 bridgehead atoms. The number of phenolic OH excluding ortho intramolecular Hbond substituents is 1. The van der Waals surface area contributed by atoms with Crippen LogP contribution in [0.4, 0.5) is 0 Å². The Kier molecular flexibility index (Phi) is 6.35. The van der Waals surface area contributed by atoms with Gasteiger partial charge < -0.3 is 34.1 Å². The molecule has 0 aromatic heterocycles. The molecule has 2 atom stereocenters. The van der Waals surface area contributed by atoms with Gasteiger partial charge in [-0.3, -0.25) is 4.90 Å². The van der Waals surface area contributed by atoms with Crippen molar-refractivity contribution in [2.24, 2.45) is 0 Å². The molecule has 0 aliphatic carbocycles. The van der Waals surface area contributed by atoms with Gasteiger partial charge in [-0.2, -0.15) is 0 Å². The van der Waals surface area contributed by atoms with E-state index in [1.807, 2.05) is 24.3 Å². The summed E-state index contributed by atoms with van der Waals surface area (Å²) in [5.41, 5.74) is 6.95. The van der Waals surface area contributed by atoms with Crippen molar-refractivity contribution >= 4 is 0 Å². The number of hydrogen-bond acceptors (Lipinski definition) is 8. The van der Waals surface area contributed by atoms with Gasteiger partial charge in [0.25, 0.3) is 0 Å². The van der Waals surface area contributed by atoms with Crippen molar-refractivity contribution in [2.75, 3.05) is 34.0 Å². The van der Waals surface area contributed by atoms with Gasteiger partial charge in [-0.1, -0.05) is 18.2 Å². The highest BCUT2D eigenvalue weighted by molar-refractivity contribution is 5.64. The lowest BCUT2D eigenvalue weighted by molar-refractivity contribution is 0.171. The van der Waals surface area contributed by atoms with Gasteiger partial charge in [0.05, 0.1) is 7.11 Å². The molecule has 5 heterocycles. The quantitative estimate of drug-likeness (QED) is 0.275. The second kappa shape index (κ2) is 10.4. The summed E-state index contributed by atoms with van der Waals surface area (Å²) >= 11 is 0. The number of nitrogens with one attached hydrogen (secondary N) is 1. The molecular weight excluding hydrogens is 544 g/mol. The fourth-order valence-corrected chi connectivity index (χ4v) is 6.92. The lowest BCUT2D eigenvalue weighted by Gasteiger charge is -2.35. The number of nitrogens with zero attached hydrogens (tertiary/aromatic N) is 1. The zero-order valence-corrected chi connectivity index (χ0v) is 24.3. The summed E-state index contributed by atoms with van der Waals surface area (Å²) in [5.74, 6) is 4.63. The first-order valence-corrected chi connectivity index (χ1v) is 14.9. The average molecular weight is 579 g/mol. The topological polar surface area (TPSA) is 81.7 Å². The fourth-order valence-electron chi connectivity index (χ4n) is 6.92. The van der Waals surface area contributed by atoms with Gasteiger partial charge in [0.1, 0.15) is 5.75 Å². The Morgan fingerprint density at radius 3 is 2.56 bits per heavy atom. The van der Waals surface area contributed by atoms with Crippen LogP contribution in [0, 0.1) is 0 Å². The first kappa shape index (κ1) is 26.2. The Morgan fingerprint density at radius 1 is 0.837 bits per heavy atom. The van der Waals surface area contributed by atoms with E-state index in [4.69, 9.17) is 23.7 Å². The smallest absolute Gasteiger partial charge is 0.231 e. The maximum absolute atomic E-state index is 10.6. The molecule has 5 aliphatic rings. The number of methoxy groups -OCH3 is 1. The Bertz CT molecular complexity index is 1720. The normalized spacial score (nSPS) is 20.3. The SMILES string of the molecule is COc1cc2c3cc1Oc1c4c(cc5c1[C@H](Cc1ccc(cc1)Oc1cc(ccc1O)C[C@H]3N(C)CC2)NCC5)OCO4. The van der Waals surface area contributed by atoms with Crippen LogP contribution in [0.15, 0.2) is 60.7 Å². The highest BCUT2D eigenvalue weighted by atomic mass is 16.7. The summed E-state index contributed by atoms with van der Waals surface area (Å²) in [7, 11) is 3.85. The molecule has 0 radical (unpaired) electrons. The van der Waals surface area contributed by atoms with E-state index < -0.39 is 0 Å². The Morgan fingerprint density at radius 2 is 1.70 bits per heavy atom. The molecule has 0 saturated carbocycles. The standard InChI is InChI=1S/C35H34N2O6/c1-37-12-10-22-16-30(39-2)31-18-25(22)27(37)14-21-5-8-28(38)29(15-21)42-24-6-3-20(4-7-24)13-26-33-23(9-11-36-26)17-32-34(35(33)43-31)41-19-40-32/h3-8,15-18,26-27,36,38H,9-14,19H2,1-2H3/t26-,27+/m0/s1. The third-order valence-electron chi connectivity index (χ3n) is 9.18. The summed E-state index contributed by atoms with van der Waals surface area (Å²) in [6.45, 7) is 1.94. The van der Waals surface area contributed by atoms with Crippen molar-refractivity contribution in [3.8, 4) is 46.0 Å². The monoisotopic (exact) mass is 578 g/mol. The van der Waals surface area contributed by atoms with Crippen LogP contribution in [0.25, 0.3) is 0 Å². The third-order valence-corrected chi connectivity index (χ3v) is 9.18. The van der Waals surface area contributed by atoms with Crippen LogP contribution in [0.1, 0.15) is 45.5 Å². The van der Waals surface area contributed by atoms with Crippen molar-refractivity contribution in [2.45, 2.75) is 37.8 Å². The Labute approximate surface area is 250 Å². The van der Waals surface area contributed by atoms with Gasteiger partial charge in [0.15, 0.2) is 34.5 Å². The zero-order valence-electron chi connectivity index (χ0n) is 24.3. The van der Waals surface area contributed by atoms with Gasteiger partial charge in [0.2, 0.25) is 12.5 Å². The summed E-state index contributed by atoms with van der Waals surface area (Å²) in [4.78, 5) is 2.38. The Balaban J connectivity index is 1.33. The third kappa shape index (κ3) is 4.62. The number of benzene rings is 4. The predicted molar refractivity (Wildman–Crippen MR) is 161 cm³/mol. The zero-order chi connectivity index (χ0) is 29.1. The van der Waals surface area contributed by atoms with E-state index in [-0.39, 0.29) is 24.6 Å². The molecule has 8 heteroatoms. The molecule has 43 heavy (non-hydrogen) atoms. The minimum Gasteiger partial charge on any atom is -0.504 e. The molecule has 5 aliphatic heterocycles. The van der Waals surface area contributed by atoms with E-state index in [0.29, 0.717) is 34.5 Å². The molecule has 0 saturated heterocycles.